The Labute approximate surface area is 162 Å². The van der Waals surface area contributed by atoms with Crippen LogP contribution in [0.3, 0.4) is 0 Å². The number of aromatic nitrogens is 2. The van der Waals surface area contributed by atoms with Crippen molar-refractivity contribution in [3.8, 4) is 5.75 Å². The summed E-state index contributed by atoms with van der Waals surface area (Å²) in [4.78, 5) is 15.1. The summed E-state index contributed by atoms with van der Waals surface area (Å²) in [5.41, 5.74) is 3.95. The number of hydrogen-bond acceptors (Lipinski definition) is 4. The SMILES string of the molecule is Cc1nn(C)c(C)c1CN(C)C(=O)c1cc(COc2cccc(F)c2)cs1. The molecule has 1 aromatic carbocycles. The third kappa shape index (κ3) is 4.36. The van der Waals surface area contributed by atoms with Gasteiger partial charge in [0.2, 0.25) is 0 Å². The van der Waals surface area contributed by atoms with E-state index in [9.17, 15) is 9.18 Å². The maximum Gasteiger partial charge on any atom is 0.263 e. The van der Waals surface area contributed by atoms with Gasteiger partial charge in [-0.25, -0.2) is 4.39 Å². The number of carbonyl (C=O) groups excluding carboxylic acids is 1. The zero-order valence-corrected chi connectivity index (χ0v) is 16.6. The molecule has 0 N–H and O–H groups in total. The molecular weight excluding hydrogens is 365 g/mol. The molecule has 3 rings (SSSR count). The summed E-state index contributed by atoms with van der Waals surface area (Å²) in [6.45, 7) is 4.75. The summed E-state index contributed by atoms with van der Waals surface area (Å²) in [7, 11) is 3.69. The number of hydrogen-bond donors (Lipinski definition) is 0. The van der Waals surface area contributed by atoms with Crippen molar-refractivity contribution in [3.63, 3.8) is 0 Å². The lowest BCUT2D eigenvalue weighted by Gasteiger charge is -2.16. The van der Waals surface area contributed by atoms with Crippen LogP contribution in [0.2, 0.25) is 0 Å². The summed E-state index contributed by atoms with van der Waals surface area (Å²) in [5.74, 6) is 0.0877. The second-order valence-corrected chi connectivity index (χ2v) is 7.41. The highest BCUT2D eigenvalue weighted by molar-refractivity contribution is 7.12. The fourth-order valence-electron chi connectivity index (χ4n) is 2.83. The second-order valence-electron chi connectivity index (χ2n) is 6.50. The van der Waals surface area contributed by atoms with Crippen LogP contribution in [0.5, 0.6) is 5.75 Å². The molecule has 0 atom stereocenters. The number of halogens is 1. The van der Waals surface area contributed by atoms with Gasteiger partial charge in [-0.3, -0.25) is 9.48 Å². The molecule has 0 aliphatic heterocycles. The summed E-state index contributed by atoms with van der Waals surface area (Å²) >= 11 is 1.38. The quantitative estimate of drug-likeness (QED) is 0.640. The molecule has 2 aromatic heterocycles. The van der Waals surface area contributed by atoms with Crippen molar-refractivity contribution < 1.29 is 13.9 Å². The van der Waals surface area contributed by atoms with Gasteiger partial charge < -0.3 is 9.64 Å². The highest BCUT2D eigenvalue weighted by Crippen LogP contribution is 2.21. The Morgan fingerprint density at radius 2 is 2.11 bits per heavy atom. The van der Waals surface area contributed by atoms with Crippen molar-refractivity contribution in [3.05, 3.63) is 68.9 Å². The molecule has 0 spiro atoms. The topological polar surface area (TPSA) is 47.4 Å². The van der Waals surface area contributed by atoms with Gasteiger partial charge >= 0.3 is 0 Å². The Morgan fingerprint density at radius 3 is 2.78 bits per heavy atom. The first-order valence-corrected chi connectivity index (χ1v) is 9.43. The van der Waals surface area contributed by atoms with E-state index in [1.54, 1.807) is 24.1 Å². The van der Waals surface area contributed by atoms with Crippen molar-refractivity contribution >= 4 is 17.2 Å². The first-order chi connectivity index (χ1) is 12.8. The molecule has 0 aliphatic rings. The minimum atomic E-state index is -0.337. The van der Waals surface area contributed by atoms with Crippen LogP contribution in [0.4, 0.5) is 4.39 Å². The summed E-state index contributed by atoms with van der Waals surface area (Å²) in [6.07, 6.45) is 0. The number of amides is 1. The van der Waals surface area contributed by atoms with E-state index in [-0.39, 0.29) is 18.3 Å². The molecule has 5 nitrogen and oxygen atoms in total. The van der Waals surface area contributed by atoms with Crippen LogP contribution in [-0.2, 0) is 20.2 Å². The molecule has 0 radical (unpaired) electrons. The van der Waals surface area contributed by atoms with Crippen molar-refractivity contribution in [2.24, 2.45) is 7.05 Å². The third-order valence-corrected chi connectivity index (χ3v) is 5.43. The molecule has 2 heterocycles. The molecule has 0 saturated carbocycles. The molecular formula is C20H22FN3O2S. The predicted molar refractivity (Wildman–Crippen MR) is 104 cm³/mol. The molecule has 3 aromatic rings. The minimum absolute atomic E-state index is 0.0420. The highest BCUT2D eigenvalue weighted by atomic mass is 32.1. The fraction of sp³-hybridized carbons (Fsp3) is 0.300. The van der Waals surface area contributed by atoms with Gasteiger partial charge in [0.05, 0.1) is 10.6 Å². The Bertz CT molecular complexity index is 964. The number of thiophene rings is 1. The van der Waals surface area contributed by atoms with Gasteiger partial charge in [0.15, 0.2) is 0 Å². The van der Waals surface area contributed by atoms with Crippen molar-refractivity contribution in [2.75, 3.05) is 7.05 Å². The average Bonchev–Trinajstić information content (AvgIpc) is 3.20. The molecule has 0 saturated heterocycles. The van der Waals surface area contributed by atoms with Gasteiger partial charge in [0.25, 0.3) is 5.91 Å². The maximum atomic E-state index is 13.2. The molecule has 0 unspecified atom stereocenters. The number of benzene rings is 1. The first kappa shape index (κ1) is 19.1. The van der Waals surface area contributed by atoms with E-state index in [2.05, 4.69) is 5.10 Å². The first-order valence-electron chi connectivity index (χ1n) is 8.55. The molecule has 142 valence electrons. The van der Waals surface area contributed by atoms with E-state index in [1.165, 1.54) is 23.5 Å². The second kappa shape index (κ2) is 7.92. The monoisotopic (exact) mass is 387 g/mol. The van der Waals surface area contributed by atoms with Gasteiger partial charge in [-0.1, -0.05) is 6.07 Å². The van der Waals surface area contributed by atoms with Gasteiger partial charge in [-0.15, -0.1) is 11.3 Å². The largest absolute Gasteiger partial charge is 0.489 e. The number of aryl methyl sites for hydroxylation is 2. The van der Waals surface area contributed by atoms with E-state index in [0.29, 0.717) is 17.2 Å². The zero-order chi connectivity index (χ0) is 19.6. The third-order valence-electron chi connectivity index (χ3n) is 4.47. The Hall–Kier alpha value is -2.67. The lowest BCUT2D eigenvalue weighted by molar-refractivity contribution is 0.0789. The van der Waals surface area contributed by atoms with Gasteiger partial charge in [-0.05, 0) is 37.4 Å². The summed E-state index contributed by atoms with van der Waals surface area (Å²) < 4.78 is 20.6. The van der Waals surface area contributed by atoms with Crippen LogP contribution >= 0.6 is 11.3 Å². The summed E-state index contributed by atoms with van der Waals surface area (Å²) in [6, 6.07) is 7.84. The van der Waals surface area contributed by atoms with Crippen LogP contribution in [0.1, 0.15) is 32.2 Å². The molecule has 27 heavy (non-hydrogen) atoms. The normalized spacial score (nSPS) is 10.9. The molecule has 7 heteroatoms. The van der Waals surface area contributed by atoms with Gasteiger partial charge in [0, 0.05) is 43.5 Å². The number of rotatable bonds is 6. The Kier molecular flexibility index (Phi) is 5.60. The van der Waals surface area contributed by atoms with Crippen LogP contribution in [0, 0.1) is 19.7 Å². The minimum Gasteiger partial charge on any atom is -0.489 e. The lowest BCUT2D eigenvalue weighted by Crippen LogP contribution is -2.26. The van der Waals surface area contributed by atoms with E-state index in [1.807, 2.05) is 37.0 Å². The zero-order valence-electron chi connectivity index (χ0n) is 15.8. The van der Waals surface area contributed by atoms with Crippen LogP contribution < -0.4 is 4.74 Å². The van der Waals surface area contributed by atoms with E-state index in [0.717, 1.165) is 22.5 Å². The summed E-state index contributed by atoms with van der Waals surface area (Å²) in [5, 5.41) is 6.29. The predicted octanol–water partition coefficient (Wildman–Crippen LogP) is 4.09. The molecule has 0 aliphatic carbocycles. The fourth-order valence-corrected chi connectivity index (χ4v) is 3.72. The smallest absolute Gasteiger partial charge is 0.263 e. The number of ether oxygens (including phenoxy) is 1. The van der Waals surface area contributed by atoms with Crippen molar-refractivity contribution in [1.82, 2.24) is 14.7 Å². The molecule has 0 bridgehead atoms. The van der Waals surface area contributed by atoms with Gasteiger partial charge in [-0.2, -0.15) is 5.10 Å². The van der Waals surface area contributed by atoms with E-state index >= 15 is 0 Å². The lowest BCUT2D eigenvalue weighted by atomic mass is 10.2. The average molecular weight is 387 g/mol. The van der Waals surface area contributed by atoms with Crippen LogP contribution in [-0.4, -0.2) is 27.6 Å². The van der Waals surface area contributed by atoms with Crippen LogP contribution in [0.25, 0.3) is 0 Å². The van der Waals surface area contributed by atoms with Crippen LogP contribution in [0.15, 0.2) is 35.7 Å². The van der Waals surface area contributed by atoms with E-state index in [4.69, 9.17) is 4.74 Å². The molecule has 1 amide bonds. The van der Waals surface area contributed by atoms with E-state index < -0.39 is 0 Å². The number of carbonyl (C=O) groups is 1. The Balaban J connectivity index is 1.63. The number of nitrogens with zero attached hydrogens (tertiary/aromatic N) is 3. The van der Waals surface area contributed by atoms with Crippen molar-refractivity contribution in [1.29, 1.82) is 0 Å². The van der Waals surface area contributed by atoms with Crippen molar-refractivity contribution in [2.45, 2.75) is 27.0 Å². The Morgan fingerprint density at radius 1 is 1.33 bits per heavy atom. The standard InChI is InChI=1S/C20H22FN3O2S/c1-13-18(14(2)24(4)22-13)10-23(3)20(25)19-8-15(12-27-19)11-26-17-7-5-6-16(21)9-17/h5-9,12H,10-11H2,1-4H3. The maximum absolute atomic E-state index is 13.2. The van der Waals surface area contributed by atoms with Gasteiger partial charge in [0.1, 0.15) is 18.2 Å². The molecule has 0 fully saturated rings. The highest BCUT2D eigenvalue weighted by Gasteiger charge is 2.18.